The van der Waals surface area contributed by atoms with Gasteiger partial charge in [0, 0.05) is 11.1 Å². The predicted molar refractivity (Wildman–Crippen MR) is 70.9 cm³/mol. The fourth-order valence-corrected chi connectivity index (χ4v) is 1.89. The molecule has 0 heterocycles. The van der Waals surface area contributed by atoms with E-state index in [0.29, 0.717) is 15.7 Å². The second-order valence-electron chi connectivity index (χ2n) is 4.19. The third-order valence-electron chi connectivity index (χ3n) is 2.47. The first-order valence-corrected chi connectivity index (χ1v) is 6.34. The highest BCUT2D eigenvalue weighted by Crippen LogP contribution is 2.25. The number of amides is 2. The Morgan fingerprint density at radius 3 is 2.56 bits per heavy atom. The Hall–Kier alpha value is -1.26. The molecule has 0 radical (unpaired) electrons. The van der Waals surface area contributed by atoms with Gasteiger partial charge in [0.15, 0.2) is 0 Å². The molecule has 18 heavy (non-hydrogen) atoms. The quantitative estimate of drug-likeness (QED) is 0.836. The van der Waals surface area contributed by atoms with Crippen LogP contribution in [0.2, 0.25) is 10.0 Å². The summed E-state index contributed by atoms with van der Waals surface area (Å²) in [5.74, 6) is -0.655. The highest BCUT2D eigenvalue weighted by atomic mass is 35.5. The zero-order valence-electron chi connectivity index (χ0n) is 9.50. The van der Waals surface area contributed by atoms with E-state index in [1.165, 1.54) is 6.07 Å². The summed E-state index contributed by atoms with van der Waals surface area (Å²) in [6.45, 7) is 0. The summed E-state index contributed by atoms with van der Waals surface area (Å²) in [5.41, 5.74) is 0.449. The molecule has 2 amide bonds. The van der Waals surface area contributed by atoms with Crippen LogP contribution in [0.1, 0.15) is 19.3 Å². The number of halogens is 2. The minimum absolute atomic E-state index is 0.199. The van der Waals surface area contributed by atoms with Crippen molar-refractivity contribution in [2.45, 2.75) is 25.3 Å². The van der Waals surface area contributed by atoms with E-state index in [1.807, 2.05) is 0 Å². The highest BCUT2D eigenvalue weighted by Gasteiger charge is 2.24. The van der Waals surface area contributed by atoms with Gasteiger partial charge in [-0.05, 0) is 31.0 Å². The number of hydrogen-bond acceptors (Lipinski definition) is 2. The van der Waals surface area contributed by atoms with Crippen LogP contribution in [0.5, 0.6) is 0 Å². The standard InChI is InChI=1S/C12H12Cl2N2O2/c13-7-1-4-10(9(14)5-7)16-12(18)6-11(17)15-8-2-3-8/h1,4-5,8H,2-3,6H2,(H,15,17)(H,16,18). The molecule has 1 aromatic carbocycles. The third kappa shape index (κ3) is 3.89. The van der Waals surface area contributed by atoms with Gasteiger partial charge in [0.1, 0.15) is 6.42 Å². The number of hydrogen-bond donors (Lipinski definition) is 2. The van der Waals surface area contributed by atoms with Gasteiger partial charge in [-0.1, -0.05) is 23.2 Å². The smallest absolute Gasteiger partial charge is 0.233 e. The van der Waals surface area contributed by atoms with Crippen LogP contribution in [-0.4, -0.2) is 17.9 Å². The first kappa shape index (κ1) is 13.2. The summed E-state index contributed by atoms with van der Waals surface area (Å²) in [4.78, 5) is 23.0. The summed E-state index contributed by atoms with van der Waals surface area (Å²) in [6, 6.07) is 5.00. The molecule has 1 saturated carbocycles. The molecular weight excluding hydrogens is 275 g/mol. The first-order valence-electron chi connectivity index (χ1n) is 5.59. The van der Waals surface area contributed by atoms with Crippen LogP contribution in [0.4, 0.5) is 5.69 Å². The van der Waals surface area contributed by atoms with Gasteiger partial charge < -0.3 is 10.6 Å². The van der Waals surface area contributed by atoms with E-state index in [0.717, 1.165) is 12.8 Å². The van der Waals surface area contributed by atoms with Crippen LogP contribution >= 0.6 is 23.2 Å². The zero-order valence-corrected chi connectivity index (χ0v) is 11.0. The molecule has 1 aromatic rings. The average Bonchev–Trinajstić information content (AvgIpc) is 3.05. The Bertz CT molecular complexity index is 487. The van der Waals surface area contributed by atoms with Crippen molar-refractivity contribution in [1.82, 2.24) is 5.32 Å². The van der Waals surface area contributed by atoms with E-state index in [2.05, 4.69) is 10.6 Å². The monoisotopic (exact) mass is 286 g/mol. The number of carbonyl (C=O) groups is 2. The Morgan fingerprint density at radius 1 is 1.22 bits per heavy atom. The molecule has 2 N–H and O–H groups in total. The van der Waals surface area contributed by atoms with Crippen molar-refractivity contribution in [3.8, 4) is 0 Å². The summed E-state index contributed by atoms with van der Waals surface area (Å²) in [7, 11) is 0. The first-order chi connectivity index (χ1) is 8.54. The van der Waals surface area contributed by atoms with Crippen molar-refractivity contribution >= 4 is 40.7 Å². The van der Waals surface area contributed by atoms with Crippen LogP contribution in [-0.2, 0) is 9.59 Å². The lowest BCUT2D eigenvalue weighted by Gasteiger charge is -2.07. The van der Waals surface area contributed by atoms with Gasteiger partial charge >= 0.3 is 0 Å². The molecule has 0 saturated heterocycles. The molecule has 96 valence electrons. The predicted octanol–water partition coefficient (Wildman–Crippen LogP) is 2.60. The largest absolute Gasteiger partial charge is 0.353 e. The van der Waals surface area contributed by atoms with Gasteiger partial charge in [-0.2, -0.15) is 0 Å². The molecule has 1 aliphatic carbocycles. The van der Waals surface area contributed by atoms with Crippen molar-refractivity contribution in [2.75, 3.05) is 5.32 Å². The molecule has 4 nitrogen and oxygen atoms in total. The molecule has 0 atom stereocenters. The van der Waals surface area contributed by atoms with E-state index >= 15 is 0 Å². The minimum Gasteiger partial charge on any atom is -0.353 e. The Morgan fingerprint density at radius 2 is 1.94 bits per heavy atom. The molecule has 0 aliphatic heterocycles. The van der Waals surface area contributed by atoms with Crippen LogP contribution in [0.15, 0.2) is 18.2 Å². The van der Waals surface area contributed by atoms with Gasteiger partial charge in [-0.15, -0.1) is 0 Å². The van der Waals surface area contributed by atoms with Crippen LogP contribution < -0.4 is 10.6 Å². The van der Waals surface area contributed by atoms with Crippen LogP contribution in [0.3, 0.4) is 0 Å². The van der Waals surface area contributed by atoms with Crippen LogP contribution in [0, 0.1) is 0 Å². The van der Waals surface area contributed by atoms with Crippen molar-refractivity contribution in [3.63, 3.8) is 0 Å². The van der Waals surface area contributed by atoms with E-state index < -0.39 is 5.91 Å². The number of rotatable bonds is 4. The van der Waals surface area contributed by atoms with Gasteiger partial charge in [0.05, 0.1) is 10.7 Å². The Balaban J connectivity index is 1.87. The molecule has 1 fully saturated rings. The zero-order chi connectivity index (χ0) is 13.1. The number of carbonyl (C=O) groups excluding carboxylic acids is 2. The number of benzene rings is 1. The summed E-state index contributed by atoms with van der Waals surface area (Å²) in [6.07, 6.45) is 1.79. The molecule has 0 unspecified atom stereocenters. The highest BCUT2D eigenvalue weighted by molar-refractivity contribution is 6.36. The van der Waals surface area contributed by atoms with Gasteiger partial charge in [-0.3, -0.25) is 9.59 Å². The fraction of sp³-hybridized carbons (Fsp3) is 0.333. The van der Waals surface area contributed by atoms with E-state index in [-0.39, 0.29) is 18.4 Å². The molecule has 0 aromatic heterocycles. The van der Waals surface area contributed by atoms with Gasteiger partial charge in [-0.25, -0.2) is 0 Å². The minimum atomic E-state index is -0.391. The van der Waals surface area contributed by atoms with E-state index in [9.17, 15) is 9.59 Å². The second kappa shape index (κ2) is 5.59. The lowest BCUT2D eigenvalue weighted by molar-refractivity contribution is -0.126. The normalized spacial score (nSPS) is 14.1. The Kier molecular flexibility index (Phi) is 4.09. The SMILES string of the molecule is O=C(CC(=O)NC1CC1)Nc1ccc(Cl)cc1Cl. The van der Waals surface area contributed by atoms with Crippen molar-refractivity contribution in [1.29, 1.82) is 0 Å². The summed E-state index contributed by atoms with van der Waals surface area (Å²) in [5, 5.41) is 6.15. The lowest BCUT2D eigenvalue weighted by atomic mass is 10.3. The molecule has 0 spiro atoms. The summed E-state index contributed by atoms with van der Waals surface area (Å²) >= 11 is 11.6. The van der Waals surface area contributed by atoms with Gasteiger partial charge in [0.2, 0.25) is 11.8 Å². The maximum Gasteiger partial charge on any atom is 0.233 e. The van der Waals surface area contributed by atoms with Crippen LogP contribution in [0.25, 0.3) is 0 Å². The topological polar surface area (TPSA) is 58.2 Å². The van der Waals surface area contributed by atoms with Crippen molar-refractivity contribution < 1.29 is 9.59 Å². The lowest BCUT2D eigenvalue weighted by Crippen LogP contribution is -2.29. The number of nitrogens with one attached hydrogen (secondary N) is 2. The maximum atomic E-state index is 11.6. The maximum absolute atomic E-state index is 11.6. The molecule has 1 aliphatic rings. The Labute approximate surface area is 115 Å². The van der Waals surface area contributed by atoms with Crippen molar-refractivity contribution in [2.24, 2.45) is 0 Å². The molecular formula is C12H12Cl2N2O2. The molecule has 2 rings (SSSR count). The second-order valence-corrected chi connectivity index (χ2v) is 5.03. The summed E-state index contributed by atoms with van der Waals surface area (Å²) < 4.78 is 0. The molecule has 6 heteroatoms. The third-order valence-corrected chi connectivity index (χ3v) is 3.02. The average molecular weight is 287 g/mol. The van der Waals surface area contributed by atoms with E-state index in [1.54, 1.807) is 12.1 Å². The van der Waals surface area contributed by atoms with Crippen molar-refractivity contribution in [3.05, 3.63) is 28.2 Å². The fourth-order valence-electron chi connectivity index (χ4n) is 1.44. The molecule has 0 bridgehead atoms. The van der Waals surface area contributed by atoms with E-state index in [4.69, 9.17) is 23.2 Å². The number of anilines is 1. The van der Waals surface area contributed by atoms with Gasteiger partial charge in [0.25, 0.3) is 0 Å².